The number of carbonyl (C=O) groups excluding carboxylic acids is 1. The SMILES string of the molecule is Cc1ccc(S(C)(=O)=O)cc1C(=O)OCc1nc2cc(Cl)ccc2c(=O)[nH]1. The van der Waals surface area contributed by atoms with Crippen molar-refractivity contribution in [3.8, 4) is 0 Å². The van der Waals surface area contributed by atoms with Crippen molar-refractivity contribution < 1.29 is 17.9 Å². The summed E-state index contributed by atoms with van der Waals surface area (Å²) < 4.78 is 28.5. The molecule has 2 aromatic carbocycles. The fraction of sp³-hybridized carbons (Fsp3) is 0.167. The topological polar surface area (TPSA) is 106 Å². The number of aromatic nitrogens is 2. The molecule has 1 heterocycles. The molecular formula is C18H15ClN2O5S. The second-order valence-corrected chi connectivity index (χ2v) is 8.45. The predicted octanol–water partition coefficient (Wildman–Crippen LogP) is 2.65. The van der Waals surface area contributed by atoms with Crippen molar-refractivity contribution in [1.29, 1.82) is 0 Å². The number of hydrogen-bond acceptors (Lipinski definition) is 6. The maximum atomic E-state index is 12.4. The van der Waals surface area contributed by atoms with Crippen molar-refractivity contribution >= 4 is 38.3 Å². The van der Waals surface area contributed by atoms with Gasteiger partial charge in [-0.3, -0.25) is 4.79 Å². The van der Waals surface area contributed by atoms with Gasteiger partial charge in [-0.15, -0.1) is 0 Å². The average molecular weight is 407 g/mol. The van der Waals surface area contributed by atoms with E-state index in [0.717, 1.165) is 6.26 Å². The first-order chi connectivity index (χ1) is 12.6. The van der Waals surface area contributed by atoms with Crippen LogP contribution in [0.1, 0.15) is 21.7 Å². The lowest BCUT2D eigenvalue weighted by Crippen LogP contribution is -2.15. The molecular weight excluding hydrogens is 392 g/mol. The van der Waals surface area contributed by atoms with Gasteiger partial charge in [0.1, 0.15) is 12.4 Å². The molecule has 0 aliphatic rings. The van der Waals surface area contributed by atoms with Crippen molar-refractivity contribution in [2.24, 2.45) is 0 Å². The van der Waals surface area contributed by atoms with Crippen LogP contribution >= 0.6 is 11.6 Å². The number of nitrogens with one attached hydrogen (secondary N) is 1. The third-order valence-corrected chi connectivity index (χ3v) is 5.26. The van der Waals surface area contributed by atoms with Gasteiger partial charge < -0.3 is 9.72 Å². The fourth-order valence-electron chi connectivity index (χ4n) is 2.49. The van der Waals surface area contributed by atoms with E-state index in [1.54, 1.807) is 19.1 Å². The number of rotatable bonds is 4. The van der Waals surface area contributed by atoms with E-state index in [1.165, 1.54) is 24.3 Å². The number of ether oxygens (including phenoxy) is 1. The Morgan fingerprint density at radius 3 is 2.67 bits per heavy atom. The summed E-state index contributed by atoms with van der Waals surface area (Å²) in [5, 5.41) is 0.794. The number of halogens is 1. The first-order valence-electron chi connectivity index (χ1n) is 7.81. The van der Waals surface area contributed by atoms with Crippen molar-refractivity contribution in [2.45, 2.75) is 18.4 Å². The van der Waals surface area contributed by atoms with Crippen LogP contribution in [-0.2, 0) is 21.2 Å². The van der Waals surface area contributed by atoms with Crippen molar-refractivity contribution in [3.63, 3.8) is 0 Å². The molecule has 1 aromatic heterocycles. The Morgan fingerprint density at radius 1 is 1.22 bits per heavy atom. The number of nitrogens with zero attached hydrogens (tertiary/aromatic N) is 1. The van der Waals surface area contributed by atoms with Crippen LogP contribution in [0.3, 0.4) is 0 Å². The van der Waals surface area contributed by atoms with E-state index in [1.807, 2.05) is 0 Å². The number of aryl methyl sites for hydroxylation is 1. The van der Waals surface area contributed by atoms with Crippen LogP contribution in [0.2, 0.25) is 5.02 Å². The van der Waals surface area contributed by atoms with Crippen LogP contribution in [0.25, 0.3) is 10.9 Å². The highest BCUT2D eigenvalue weighted by atomic mass is 35.5. The summed E-state index contributed by atoms with van der Waals surface area (Å²) in [5.74, 6) is -0.563. The van der Waals surface area contributed by atoms with Gasteiger partial charge in [-0.05, 0) is 42.8 Å². The second kappa shape index (κ2) is 7.13. The van der Waals surface area contributed by atoms with E-state index in [4.69, 9.17) is 16.3 Å². The Bertz CT molecular complexity index is 1220. The summed E-state index contributed by atoms with van der Waals surface area (Å²) in [5.41, 5.74) is 0.703. The van der Waals surface area contributed by atoms with Gasteiger partial charge in [0.2, 0.25) is 0 Å². The summed E-state index contributed by atoms with van der Waals surface area (Å²) in [6.45, 7) is 1.39. The van der Waals surface area contributed by atoms with Crippen LogP contribution in [0.4, 0.5) is 0 Å². The average Bonchev–Trinajstić information content (AvgIpc) is 2.58. The Morgan fingerprint density at radius 2 is 1.96 bits per heavy atom. The third-order valence-electron chi connectivity index (χ3n) is 3.91. The maximum Gasteiger partial charge on any atom is 0.338 e. The van der Waals surface area contributed by atoms with Gasteiger partial charge >= 0.3 is 5.97 Å². The zero-order valence-corrected chi connectivity index (χ0v) is 16.0. The summed E-state index contributed by atoms with van der Waals surface area (Å²) in [4.78, 5) is 31.2. The Kier molecular flexibility index (Phi) is 5.03. The molecule has 0 unspecified atom stereocenters. The van der Waals surface area contributed by atoms with Crippen molar-refractivity contribution in [2.75, 3.05) is 6.26 Å². The normalized spacial score (nSPS) is 11.5. The van der Waals surface area contributed by atoms with Crippen LogP contribution in [0, 0.1) is 6.92 Å². The Hall–Kier alpha value is -2.71. The first-order valence-corrected chi connectivity index (χ1v) is 10.1. The molecule has 27 heavy (non-hydrogen) atoms. The van der Waals surface area contributed by atoms with Crippen LogP contribution in [0.15, 0.2) is 46.1 Å². The lowest BCUT2D eigenvalue weighted by atomic mass is 10.1. The summed E-state index contributed by atoms with van der Waals surface area (Å²) >= 11 is 5.91. The van der Waals surface area contributed by atoms with E-state index in [-0.39, 0.29) is 28.4 Å². The van der Waals surface area contributed by atoms with E-state index >= 15 is 0 Å². The molecule has 140 valence electrons. The van der Waals surface area contributed by atoms with Crippen LogP contribution in [-0.4, -0.2) is 30.6 Å². The van der Waals surface area contributed by atoms with Crippen molar-refractivity contribution in [3.05, 3.63) is 68.7 Å². The van der Waals surface area contributed by atoms with Gasteiger partial charge in [0.15, 0.2) is 9.84 Å². The van der Waals surface area contributed by atoms with Gasteiger partial charge in [0.05, 0.1) is 21.4 Å². The number of hydrogen-bond donors (Lipinski definition) is 1. The van der Waals surface area contributed by atoms with Gasteiger partial charge in [0, 0.05) is 11.3 Å². The zero-order valence-electron chi connectivity index (χ0n) is 14.4. The number of H-pyrrole nitrogens is 1. The zero-order chi connectivity index (χ0) is 19.8. The number of aromatic amines is 1. The number of sulfone groups is 1. The molecule has 1 N–H and O–H groups in total. The molecule has 9 heteroatoms. The highest BCUT2D eigenvalue weighted by Gasteiger charge is 2.16. The summed E-state index contributed by atoms with van der Waals surface area (Å²) in [6, 6.07) is 8.90. The lowest BCUT2D eigenvalue weighted by molar-refractivity contribution is 0.0461. The lowest BCUT2D eigenvalue weighted by Gasteiger charge is -2.09. The van der Waals surface area contributed by atoms with Crippen LogP contribution < -0.4 is 5.56 Å². The Labute approximate surface area is 159 Å². The van der Waals surface area contributed by atoms with E-state index in [2.05, 4.69) is 9.97 Å². The minimum atomic E-state index is -3.46. The van der Waals surface area contributed by atoms with Crippen LogP contribution in [0.5, 0.6) is 0 Å². The summed E-state index contributed by atoms with van der Waals surface area (Å²) in [7, 11) is -3.46. The van der Waals surface area contributed by atoms with E-state index in [9.17, 15) is 18.0 Å². The molecule has 0 radical (unpaired) electrons. The Balaban J connectivity index is 1.86. The number of carbonyl (C=O) groups is 1. The quantitative estimate of drug-likeness (QED) is 0.667. The number of esters is 1. The molecule has 0 bridgehead atoms. The molecule has 7 nitrogen and oxygen atoms in total. The molecule has 0 amide bonds. The number of fused-ring (bicyclic) bond motifs is 1. The molecule has 3 aromatic rings. The van der Waals surface area contributed by atoms with E-state index < -0.39 is 15.8 Å². The molecule has 0 saturated heterocycles. The van der Waals surface area contributed by atoms with E-state index in [0.29, 0.717) is 21.5 Å². The standard InChI is InChI=1S/C18H15ClN2O5S/c1-10-3-5-12(27(2,24)25)8-14(10)18(23)26-9-16-20-15-7-11(19)4-6-13(15)17(22)21-16/h3-8H,9H2,1-2H3,(H,20,21,22). The highest BCUT2D eigenvalue weighted by Crippen LogP contribution is 2.18. The fourth-order valence-corrected chi connectivity index (χ4v) is 3.31. The first kappa shape index (κ1) is 19.1. The largest absolute Gasteiger partial charge is 0.454 e. The third kappa shape index (κ3) is 4.17. The molecule has 0 atom stereocenters. The van der Waals surface area contributed by atoms with Gasteiger partial charge in [-0.25, -0.2) is 18.2 Å². The predicted molar refractivity (Wildman–Crippen MR) is 101 cm³/mol. The number of benzene rings is 2. The molecule has 3 rings (SSSR count). The van der Waals surface area contributed by atoms with Crippen molar-refractivity contribution in [1.82, 2.24) is 9.97 Å². The molecule has 0 spiro atoms. The maximum absolute atomic E-state index is 12.4. The van der Waals surface area contributed by atoms with Gasteiger partial charge in [-0.2, -0.15) is 0 Å². The minimum absolute atomic E-state index is 0.0203. The van der Waals surface area contributed by atoms with Gasteiger partial charge in [-0.1, -0.05) is 17.7 Å². The van der Waals surface area contributed by atoms with Gasteiger partial charge in [0.25, 0.3) is 5.56 Å². The monoisotopic (exact) mass is 406 g/mol. The second-order valence-electron chi connectivity index (χ2n) is 6.00. The minimum Gasteiger partial charge on any atom is -0.454 e. The molecule has 0 saturated carbocycles. The highest BCUT2D eigenvalue weighted by molar-refractivity contribution is 7.90. The smallest absolute Gasteiger partial charge is 0.338 e. The summed E-state index contributed by atoms with van der Waals surface area (Å²) in [6.07, 6.45) is 1.06. The molecule has 0 aliphatic carbocycles. The molecule has 0 fully saturated rings. The molecule has 0 aliphatic heterocycles.